The van der Waals surface area contributed by atoms with E-state index in [9.17, 15) is 9.18 Å². The number of nitrogens with one attached hydrogen (secondary N) is 1. The smallest absolute Gasteiger partial charge is 0.306 e. The van der Waals surface area contributed by atoms with Crippen LogP contribution >= 0.6 is 15.9 Å². The summed E-state index contributed by atoms with van der Waals surface area (Å²) in [6, 6.07) is 5.43. The summed E-state index contributed by atoms with van der Waals surface area (Å²) in [6.07, 6.45) is 3.19. The molecule has 0 atom stereocenters. The van der Waals surface area contributed by atoms with Crippen LogP contribution in [0.5, 0.6) is 0 Å². The van der Waals surface area contributed by atoms with Crippen LogP contribution in [0.4, 0.5) is 4.39 Å². The Bertz CT molecular complexity index is 459. The molecule has 0 amide bonds. The molecule has 5 heteroatoms. The third-order valence-electron chi connectivity index (χ3n) is 3.66. The van der Waals surface area contributed by atoms with Gasteiger partial charge in [-0.3, -0.25) is 4.79 Å². The highest BCUT2D eigenvalue weighted by molar-refractivity contribution is 9.10. The minimum Gasteiger partial charge on any atom is -0.481 e. The quantitative estimate of drug-likeness (QED) is 0.890. The maximum atomic E-state index is 13.3. The molecule has 0 bridgehead atoms. The number of carboxylic acids is 1. The first-order valence-electron chi connectivity index (χ1n) is 6.46. The van der Waals surface area contributed by atoms with Crippen LogP contribution < -0.4 is 5.32 Å². The predicted octanol–water partition coefficient (Wildman–Crippen LogP) is 3.32. The summed E-state index contributed by atoms with van der Waals surface area (Å²) in [5.41, 5.74) is 0.904. The van der Waals surface area contributed by atoms with Gasteiger partial charge in [0.15, 0.2) is 0 Å². The number of hydrogen-bond donors (Lipinski definition) is 2. The van der Waals surface area contributed by atoms with Crippen LogP contribution in [0, 0.1) is 11.7 Å². The molecule has 1 fully saturated rings. The van der Waals surface area contributed by atoms with E-state index in [0.29, 0.717) is 17.1 Å². The van der Waals surface area contributed by atoms with Gasteiger partial charge in [0.25, 0.3) is 0 Å². The number of carboxylic acid groups (broad SMARTS) is 1. The first-order chi connectivity index (χ1) is 9.06. The van der Waals surface area contributed by atoms with E-state index in [2.05, 4.69) is 21.2 Å². The van der Waals surface area contributed by atoms with Crippen LogP contribution in [0.1, 0.15) is 31.2 Å². The predicted molar refractivity (Wildman–Crippen MR) is 74.3 cm³/mol. The topological polar surface area (TPSA) is 49.3 Å². The Kier molecular flexibility index (Phi) is 4.93. The summed E-state index contributed by atoms with van der Waals surface area (Å²) in [4.78, 5) is 10.8. The number of carbonyl (C=O) groups is 1. The monoisotopic (exact) mass is 329 g/mol. The van der Waals surface area contributed by atoms with Crippen molar-refractivity contribution in [1.82, 2.24) is 5.32 Å². The van der Waals surface area contributed by atoms with E-state index in [1.54, 1.807) is 6.07 Å². The molecule has 3 nitrogen and oxygen atoms in total. The average molecular weight is 330 g/mol. The number of aliphatic carboxylic acids is 1. The van der Waals surface area contributed by atoms with Crippen LogP contribution in [0.3, 0.4) is 0 Å². The van der Waals surface area contributed by atoms with E-state index < -0.39 is 5.97 Å². The summed E-state index contributed by atoms with van der Waals surface area (Å²) < 4.78 is 13.8. The highest BCUT2D eigenvalue weighted by Gasteiger charge is 2.25. The van der Waals surface area contributed by atoms with Gasteiger partial charge in [0.05, 0.1) is 10.4 Å². The Labute approximate surface area is 120 Å². The minimum atomic E-state index is -0.687. The largest absolute Gasteiger partial charge is 0.481 e. The molecule has 2 N–H and O–H groups in total. The normalized spacial score (nSPS) is 23.3. The van der Waals surface area contributed by atoms with Gasteiger partial charge in [-0.25, -0.2) is 4.39 Å². The van der Waals surface area contributed by atoms with Crippen LogP contribution in [0.25, 0.3) is 0 Å². The van der Waals surface area contributed by atoms with Crippen LogP contribution in [0.2, 0.25) is 0 Å². The van der Waals surface area contributed by atoms with E-state index in [1.165, 1.54) is 6.07 Å². The lowest BCUT2D eigenvalue weighted by molar-refractivity contribution is -0.142. The maximum Gasteiger partial charge on any atom is 0.306 e. The van der Waals surface area contributed by atoms with Crippen LogP contribution in [-0.2, 0) is 11.3 Å². The van der Waals surface area contributed by atoms with E-state index in [-0.39, 0.29) is 11.7 Å². The first kappa shape index (κ1) is 14.5. The highest BCUT2D eigenvalue weighted by Crippen LogP contribution is 2.24. The molecule has 1 aromatic carbocycles. The van der Waals surface area contributed by atoms with Crippen LogP contribution in [0.15, 0.2) is 22.7 Å². The number of halogens is 2. The van der Waals surface area contributed by atoms with Gasteiger partial charge in [0.2, 0.25) is 0 Å². The molecule has 2 rings (SSSR count). The van der Waals surface area contributed by atoms with Crippen LogP contribution in [-0.4, -0.2) is 17.1 Å². The maximum absolute atomic E-state index is 13.3. The Balaban J connectivity index is 1.80. The van der Waals surface area contributed by atoms with Crippen molar-refractivity contribution in [3.63, 3.8) is 0 Å². The summed E-state index contributed by atoms with van der Waals surface area (Å²) in [6.45, 7) is 0.618. The second-order valence-corrected chi connectivity index (χ2v) is 5.87. The molecule has 0 aliphatic heterocycles. The molecule has 0 saturated heterocycles. The first-order valence-corrected chi connectivity index (χ1v) is 7.25. The van der Waals surface area contributed by atoms with Gasteiger partial charge >= 0.3 is 5.97 Å². The second-order valence-electron chi connectivity index (χ2n) is 5.02. The number of benzene rings is 1. The standard InChI is InChI=1S/C14H17BrFNO2/c15-12-6-1-9(7-13(12)16)8-17-11-4-2-10(3-5-11)14(18)19/h1,6-7,10-11,17H,2-5,8H2,(H,18,19). The minimum absolute atomic E-state index is 0.192. The molecule has 0 radical (unpaired) electrons. The van der Waals surface area contributed by atoms with Gasteiger partial charge in [0.1, 0.15) is 5.82 Å². The fourth-order valence-electron chi connectivity index (χ4n) is 2.46. The molecule has 1 aliphatic rings. The SMILES string of the molecule is O=C(O)C1CCC(NCc2ccc(Br)c(F)c2)CC1. The van der Waals surface area contributed by atoms with Gasteiger partial charge in [-0.1, -0.05) is 6.07 Å². The van der Waals surface area contributed by atoms with E-state index in [1.807, 2.05) is 6.07 Å². The fourth-order valence-corrected chi connectivity index (χ4v) is 2.70. The number of hydrogen-bond acceptors (Lipinski definition) is 2. The van der Waals surface area contributed by atoms with Crippen molar-refractivity contribution in [2.45, 2.75) is 38.3 Å². The average Bonchev–Trinajstić information content (AvgIpc) is 2.40. The van der Waals surface area contributed by atoms with Crippen molar-refractivity contribution in [3.8, 4) is 0 Å². The molecule has 0 aromatic heterocycles. The lowest BCUT2D eigenvalue weighted by Crippen LogP contribution is -2.34. The van der Waals surface area contributed by atoms with Crippen molar-refractivity contribution in [3.05, 3.63) is 34.1 Å². The summed E-state index contributed by atoms with van der Waals surface area (Å²) in [5, 5.41) is 12.3. The van der Waals surface area contributed by atoms with Crippen molar-refractivity contribution >= 4 is 21.9 Å². The Morgan fingerprint density at radius 3 is 2.63 bits per heavy atom. The Morgan fingerprint density at radius 1 is 1.37 bits per heavy atom. The Hall–Kier alpha value is -0.940. The third kappa shape index (κ3) is 4.01. The Morgan fingerprint density at radius 2 is 2.05 bits per heavy atom. The summed E-state index contributed by atoms with van der Waals surface area (Å²) >= 11 is 3.13. The molecule has 0 spiro atoms. The summed E-state index contributed by atoms with van der Waals surface area (Å²) in [7, 11) is 0. The zero-order chi connectivity index (χ0) is 13.8. The molecule has 1 aromatic rings. The van der Waals surface area contributed by atoms with Gasteiger partial charge < -0.3 is 10.4 Å². The molecule has 19 heavy (non-hydrogen) atoms. The number of rotatable bonds is 4. The lowest BCUT2D eigenvalue weighted by atomic mass is 9.86. The molecular weight excluding hydrogens is 313 g/mol. The molecule has 1 aliphatic carbocycles. The van der Waals surface area contributed by atoms with E-state index >= 15 is 0 Å². The van der Waals surface area contributed by atoms with E-state index in [4.69, 9.17) is 5.11 Å². The molecule has 1 saturated carbocycles. The van der Waals surface area contributed by atoms with Crippen molar-refractivity contribution in [2.24, 2.45) is 5.92 Å². The van der Waals surface area contributed by atoms with Crippen molar-refractivity contribution < 1.29 is 14.3 Å². The fraction of sp³-hybridized carbons (Fsp3) is 0.500. The van der Waals surface area contributed by atoms with E-state index in [0.717, 1.165) is 31.2 Å². The summed E-state index contributed by atoms with van der Waals surface area (Å²) in [5.74, 6) is -1.13. The molecule has 104 valence electrons. The third-order valence-corrected chi connectivity index (χ3v) is 4.30. The molecule has 0 heterocycles. The van der Waals surface area contributed by atoms with Crippen molar-refractivity contribution in [2.75, 3.05) is 0 Å². The van der Waals surface area contributed by atoms with Crippen molar-refractivity contribution in [1.29, 1.82) is 0 Å². The van der Waals surface area contributed by atoms with Gasteiger partial charge in [-0.2, -0.15) is 0 Å². The van der Waals surface area contributed by atoms with Gasteiger partial charge in [-0.05, 0) is 59.3 Å². The zero-order valence-electron chi connectivity index (χ0n) is 10.5. The molecule has 0 unspecified atom stereocenters. The highest BCUT2D eigenvalue weighted by atomic mass is 79.9. The lowest BCUT2D eigenvalue weighted by Gasteiger charge is -2.27. The molecular formula is C14H17BrFNO2. The van der Waals surface area contributed by atoms with Gasteiger partial charge in [-0.15, -0.1) is 0 Å². The second kappa shape index (κ2) is 6.48. The zero-order valence-corrected chi connectivity index (χ0v) is 12.1. The van der Waals surface area contributed by atoms with Gasteiger partial charge in [0, 0.05) is 12.6 Å².